The Labute approximate surface area is 168 Å². The fourth-order valence-corrected chi connectivity index (χ4v) is 2.86. The summed E-state index contributed by atoms with van der Waals surface area (Å²) in [5, 5.41) is 2.88. The molecule has 144 valence electrons. The zero-order valence-corrected chi connectivity index (χ0v) is 17.1. The third-order valence-electron chi connectivity index (χ3n) is 3.86. The second kappa shape index (κ2) is 11.5. The van der Waals surface area contributed by atoms with Crippen LogP contribution in [0.1, 0.15) is 31.7 Å². The highest BCUT2D eigenvalue weighted by Gasteiger charge is 2.12. The van der Waals surface area contributed by atoms with Gasteiger partial charge in [0.15, 0.2) is 0 Å². The summed E-state index contributed by atoms with van der Waals surface area (Å²) in [5.41, 5.74) is 0.857. The highest BCUT2D eigenvalue weighted by Crippen LogP contribution is 2.16. The Bertz CT molecular complexity index is 830. The van der Waals surface area contributed by atoms with Crippen LogP contribution in [-0.4, -0.2) is 30.2 Å². The molecule has 1 aromatic carbocycles. The Morgan fingerprint density at radius 3 is 2.74 bits per heavy atom. The van der Waals surface area contributed by atoms with Gasteiger partial charge in [-0.3, -0.25) is 14.2 Å². The lowest BCUT2D eigenvalue weighted by molar-refractivity contribution is -0.116. The van der Waals surface area contributed by atoms with Crippen molar-refractivity contribution in [3.63, 3.8) is 0 Å². The zero-order chi connectivity index (χ0) is 19.5. The number of pyridine rings is 1. The molecule has 1 N–H and O–H groups in total. The molecule has 0 bridgehead atoms. The van der Waals surface area contributed by atoms with Crippen LogP contribution < -0.4 is 10.9 Å². The van der Waals surface area contributed by atoms with Gasteiger partial charge >= 0.3 is 0 Å². The molecule has 1 heterocycles. The third kappa shape index (κ3) is 7.15. The van der Waals surface area contributed by atoms with Crippen molar-refractivity contribution in [3.05, 3.63) is 69.1 Å². The van der Waals surface area contributed by atoms with Crippen molar-refractivity contribution >= 4 is 33.6 Å². The van der Waals surface area contributed by atoms with E-state index in [1.807, 2.05) is 24.3 Å². The topological polar surface area (TPSA) is 60.3 Å². The van der Waals surface area contributed by atoms with Crippen LogP contribution in [0, 0.1) is 0 Å². The van der Waals surface area contributed by atoms with E-state index < -0.39 is 0 Å². The van der Waals surface area contributed by atoms with Crippen molar-refractivity contribution in [2.75, 3.05) is 19.8 Å². The molecular formula is C21H25BrN2O3. The van der Waals surface area contributed by atoms with Gasteiger partial charge in [-0.15, -0.1) is 0 Å². The minimum atomic E-state index is -0.295. The van der Waals surface area contributed by atoms with Gasteiger partial charge in [0.1, 0.15) is 5.70 Å². The van der Waals surface area contributed by atoms with Crippen LogP contribution in [0.25, 0.3) is 11.8 Å². The second-order valence-corrected chi connectivity index (χ2v) is 6.98. The van der Waals surface area contributed by atoms with E-state index in [1.54, 1.807) is 24.4 Å². The van der Waals surface area contributed by atoms with Crippen LogP contribution in [0.4, 0.5) is 0 Å². The summed E-state index contributed by atoms with van der Waals surface area (Å²) in [6.45, 7) is 3.96. The first-order valence-corrected chi connectivity index (χ1v) is 9.92. The third-order valence-corrected chi connectivity index (χ3v) is 4.35. The van der Waals surface area contributed by atoms with Crippen LogP contribution in [0.2, 0.25) is 0 Å². The molecule has 0 aliphatic heterocycles. The van der Waals surface area contributed by atoms with Crippen LogP contribution in [0.15, 0.2) is 57.9 Å². The Morgan fingerprint density at radius 1 is 1.19 bits per heavy atom. The number of hydrogen-bond donors (Lipinski definition) is 1. The number of nitrogens with zero attached hydrogens (tertiary/aromatic N) is 1. The van der Waals surface area contributed by atoms with Gasteiger partial charge in [0.2, 0.25) is 0 Å². The Morgan fingerprint density at radius 2 is 2.00 bits per heavy atom. The van der Waals surface area contributed by atoms with E-state index in [-0.39, 0.29) is 17.2 Å². The minimum absolute atomic E-state index is 0.253. The van der Waals surface area contributed by atoms with Gasteiger partial charge in [0.25, 0.3) is 11.5 Å². The molecule has 0 aliphatic rings. The fraction of sp³-hybridized carbons (Fsp3) is 0.333. The van der Waals surface area contributed by atoms with Gasteiger partial charge in [-0.1, -0.05) is 47.5 Å². The van der Waals surface area contributed by atoms with Crippen LogP contribution in [-0.2, 0) is 9.53 Å². The molecule has 2 rings (SSSR count). The standard InChI is InChI=1S/C21H25BrN2O3/c1-2-3-13-27-14-7-11-23-21(26)19(24-12-5-4-10-20(24)25)16-17-8-6-9-18(22)15-17/h4-6,8-10,12,15-16H,2-3,7,11,13-14H2,1H3,(H,23,26). The molecule has 5 nitrogen and oxygen atoms in total. The van der Waals surface area contributed by atoms with Gasteiger partial charge in [-0.2, -0.15) is 0 Å². The molecule has 0 radical (unpaired) electrons. The fourth-order valence-electron chi connectivity index (χ4n) is 2.44. The summed E-state index contributed by atoms with van der Waals surface area (Å²) >= 11 is 3.42. The molecule has 27 heavy (non-hydrogen) atoms. The van der Waals surface area contributed by atoms with E-state index in [1.165, 1.54) is 10.6 Å². The Kier molecular flexibility index (Phi) is 9.01. The summed E-state index contributed by atoms with van der Waals surface area (Å²) < 4.78 is 7.76. The number of aromatic nitrogens is 1. The van der Waals surface area contributed by atoms with Crippen LogP contribution in [0.3, 0.4) is 0 Å². The number of carbonyl (C=O) groups is 1. The number of hydrogen-bond acceptors (Lipinski definition) is 3. The lowest BCUT2D eigenvalue weighted by atomic mass is 10.2. The average molecular weight is 433 g/mol. The maximum atomic E-state index is 12.7. The molecule has 0 saturated carbocycles. The zero-order valence-electron chi connectivity index (χ0n) is 15.5. The van der Waals surface area contributed by atoms with E-state index in [4.69, 9.17) is 4.74 Å². The van der Waals surface area contributed by atoms with E-state index >= 15 is 0 Å². The number of benzene rings is 1. The van der Waals surface area contributed by atoms with Gasteiger partial charge < -0.3 is 10.1 Å². The first kappa shape index (κ1) is 21.1. The molecule has 1 amide bonds. The largest absolute Gasteiger partial charge is 0.381 e. The van der Waals surface area contributed by atoms with Gasteiger partial charge in [0, 0.05) is 36.5 Å². The molecule has 0 aliphatic carbocycles. The summed E-state index contributed by atoms with van der Waals surface area (Å²) in [6, 6.07) is 12.4. The molecule has 1 aromatic heterocycles. The van der Waals surface area contributed by atoms with Gasteiger partial charge in [-0.05, 0) is 42.7 Å². The lowest BCUT2D eigenvalue weighted by Gasteiger charge is -2.12. The maximum absolute atomic E-state index is 12.7. The van der Waals surface area contributed by atoms with E-state index in [2.05, 4.69) is 28.2 Å². The SMILES string of the molecule is CCCCOCCCNC(=O)C(=Cc1cccc(Br)c1)n1ccccc1=O. The number of rotatable bonds is 10. The lowest BCUT2D eigenvalue weighted by Crippen LogP contribution is -2.31. The number of nitrogens with one attached hydrogen (secondary N) is 1. The number of carbonyl (C=O) groups excluding carboxylic acids is 1. The van der Waals surface area contributed by atoms with Crippen LogP contribution in [0.5, 0.6) is 0 Å². The Balaban J connectivity index is 2.10. The van der Waals surface area contributed by atoms with Crippen molar-refractivity contribution in [2.24, 2.45) is 0 Å². The number of halogens is 1. The maximum Gasteiger partial charge on any atom is 0.268 e. The quantitative estimate of drug-likeness (QED) is 0.456. The van der Waals surface area contributed by atoms with Crippen molar-refractivity contribution in [1.82, 2.24) is 9.88 Å². The minimum Gasteiger partial charge on any atom is -0.381 e. The smallest absolute Gasteiger partial charge is 0.268 e. The number of amides is 1. The molecule has 0 spiro atoms. The summed E-state index contributed by atoms with van der Waals surface area (Å²) in [4.78, 5) is 24.9. The second-order valence-electron chi connectivity index (χ2n) is 6.07. The van der Waals surface area contributed by atoms with E-state index in [9.17, 15) is 9.59 Å². The van der Waals surface area contributed by atoms with E-state index in [0.29, 0.717) is 13.2 Å². The summed E-state index contributed by atoms with van der Waals surface area (Å²) in [5.74, 6) is -0.295. The van der Waals surface area contributed by atoms with Gasteiger partial charge in [0.05, 0.1) is 0 Å². The van der Waals surface area contributed by atoms with Crippen LogP contribution >= 0.6 is 15.9 Å². The monoisotopic (exact) mass is 432 g/mol. The average Bonchev–Trinajstić information content (AvgIpc) is 2.66. The van der Waals surface area contributed by atoms with Gasteiger partial charge in [-0.25, -0.2) is 0 Å². The van der Waals surface area contributed by atoms with Crippen molar-refractivity contribution in [1.29, 1.82) is 0 Å². The molecule has 0 fully saturated rings. The van der Waals surface area contributed by atoms with Crippen molar-refractivity contribution in [3.8, 4) is 0 Å². The van der Waals surface area contributed by atoms with Crippen molar-refractivity contribution < 1.29 is 9.53 Å². The molecular weight excluding hydrogens is 408 g/mol. The normalized spacial score (nSPS) is 11.4. The highest BCUT2D eigenvalue weighted by atomic mass is 79.9. The molecule has 6 heteroatoms. The predicted octanol–water partition coefficient (Wildman–Crippen LogP) is 3.93. The summed E-state index contributed by atoms with van der Waals surface area (Å²) in [7, 11) is 0. The first-order valence-electron chi connectivity index (χ1n) is 9.13. The molecule has 2 aromatic rings. The van der Waals surface area contributed by atoms with E-state index in [0.717, 1.165) is 35.9 Å². The van der Waals surface area contributed by atoms with Crippen molar-refractivity contribution in [2.45, 2.75) is 26.2 Å². The summed E-state index contributed by atoms with van der Waals surface area (Å²) in [6.07, 6.45) is 6.18. The molecule has 0 saturated heterocycles. The molecule has 0 atom stereocenters. The Hall–Kier alpha value is -2.18. The number of unbranched alkanes of at least 4 members (excludes halogenated alkanes) is 1. The highest BCUT2D eigenvalue weighted by molar-refractivity contribution is 9.10. The predicted molar refractivity (Wildman–Crippen MR) is 112 cm³/mol. The first-order chi connectivity index (χ1) is 13.1. The number of ether oxygens (including phenoxy) is 1. The molecule has 0 unspecified atom stereocenters.